The molecule has 2 aromatic rings. The monoisotopic (exact) mass is 311 g/mol. The number of piperidine rings is 1. The summed E-state index contributed by atoms with van der Waals surface area (Å²) in [7, 11) is 2.05. The quantitative estimate of drug-likeness (QED) is 0.866. The van der Waals surface area contributed by atoms with Crippen molar-refractivity contribution in [1.29, 1.82) is 0 Å². The Bertz CT molecular complexity index is 650. The SMILES string of the molecule is Cc1ccc(N(C)C2CCN(C(=O)c3ccncc3)CC2)nn1. The number of rotatable bonds is 3. The van der Waals surface area contributed by atoms with Crippen molar-refractivity contribution >= 4 is 11.7 Å². The van der Waals surface area contributed by atoms with Gasteiger partial charge in [0.15, 0.2) is 5.82 Å². The second-order valence-electron chi connectivity index (χ2n) is 5.90. The van der Waals surface area contributed by atoms with E-state index in [4.69, 9.17) is 0 Å². The highest BCUT2D eigenvalue weighted by Crippen LogP contribution is 2.21. The Morgan fingerprint density at radius 2 is 1.83 bits per heavy atom. The fraction of sp³-hybridized carbons (Fsp3) is 0.412. The van der Waals surface area contributed by atoms with Gasteiger partial charge in [0.25, 0.3) is 5.91 Å². The Morgan fingerprint density at radius 3 is 2.43 bits per heavy atom. The average molecular weight is 311 g/mol. The van der Waals surface area contributed by atoms with Crippen molar-refractivity contribution in [3.63, 3.8) is 0 Å². The number of aryl methyl sites for hydroxylation is 1. The van der Waals surface area contributed by atoms with E-state index in [1.54, 1.807) is 24.5 Å². The van der Waals surface area contributed by atoms with E-state index >= 15 is 0 Å². The van der Waals surface area contributed by atoms with E-state index < -0.39 is 0 Å². The molecule has 0 bridgehead atoms. The fourth-order valence-corrected chi connectivity index (χ4v) is 2.90. The summed E-state index contributed by atoms with van der Waals surface area (Å²) in [5.41, 5.74) is 1.62. The third-order valence-electron chi connectivity index (χ3n) is 4.37. The highest BCUT2D eigenvalue weighted by Gasteiger charge is 2.26. The molecule has 1 amide bonds. The molecule has 23 heavy (non-hydrogen) atoms. The molecular formula is C17H21N5O. The predicted molar refractivity (Wildman–Crippen MR) is 88.3 cm³/mol. The molecule has 0 aliphatic carbocycles. The smallest absolute Gasteiger partial charge is 0.253 e. The van der Waals surface area contributed by atoms with Gasteiger partial charge in [-0.1, -0.05) is 0 Å². The first-order valence-electron chi connectivity index (χ1n) is 7.87. The van der Waals surface area contributed by atoms with E-state index in [1.807, 2.05) is 31.0 Å². The molecule has 3 rings (SSSR count). The van der Waals surface area contributed by atoms with Gasteiger partial charge in [-0.2, -0.15) is 5.10 Å². The van der Waals surface area contributed by atoms with Crippen LogP contribution in [0.15, 0.2) is 36.7 Å². The summed E-state index contributed by atoms with van der Waals surface area (Å²) in [4.78, 5) is 20.5. The van der Waals surface area contributed by atoms with Crippen LogP contribution in [0.4, 0.5) is 5.82 Å². The Balaban J connectivity index is 1.60. The summed E-state index contributed by atoms with van der Waals surface area (Å²) in [6, 6.07) is 7.89. The molecule has 0 spiro atoms. The van der Waals surface area contributed by atoms with Crippen molar-refractivity contribution in [3.05, 3.63) is 47.9 Å². The molecule has 0 radical (unpaired) electrons. The maximum absolute atomic E-state index is 12.4. The van der Waals surface area contributed by atoms with Crippen LogP contribution in [-0.4, -0.2) is 52.2 Å². The number of nitrogens with zero attached hydrogens (tertiary/aromatic N) is 5. The van der Waals surface area contributed by atoms with Gasteiger partial charge in [-0.3, -0.25) is 9.78 Å². The summed E-state index contributed by atoms with van der Waals surface area (Å²) in [5, 5.41) is 8.36. The Kier molecular flexibility index (Phi) is 4.50. The van der Waals surface area contributed by atoms with Gasteiger partial charge in [0.05, 0.1) is 5.69 Å². The molecular weight excluding hydrogens is 290 g/mol. The van der Waals surface area contributed by atoms with Crippen molar-refractivity contribution in [1.82, 2.24) is 20.1 Å². The lowest BCUT2D eigenvalue weighted by Crippen LogP contribution is -2.45. The summed E-state index contributed by atoms with van der Waals surface area (Å²) < 4.78 is 0. The highest BCUT2D eigenvalue weighted by molar-refractivity contribution is 5.94. The first-order valence-corrected chi connectivity index (χ1v) is 7.87. The lowest BCUT2D eigenvalue weighted by atomic mass is 10.0. The zero-order chi connectivity index (χ0) is 16.2. The van der Waals surface area contributed by atoms with Gasteiger partial charge < -0.3 is 9.80 Å². The Hall–Kier alpha value is -2.50. The highest BCUT2D eigenvalue weighted by atomic mass is 16.2. The maximum Gasteiger partial charge on any atom is 0.253 e. The number of carbonyl (C=O) groups excluding carboxylic acids is 1. The largest absolute Gasteiger partial charge is 0.355 e. The van der Waals surface area contributed by atoms with Crippen molar-refractivity contribution in [2.24, 2.45) is 0 Å². The number of pyridine rings is 1. The van der Waals surface area contributed by atoms with Crippen LogP contribution in [0.5, 0.6) is 0 Å². The van der Waals surface area contributed by atoms with Gasteiger partial charge in [0, 0.05) is 44.1 Å². The van der Waals surface area contributed by atoms with Crippen LogP contribution >= 0.6 is 0 Å². The van der Waals surface area contributed by atoms with Crippen molar-refractivity contribution in [3.8, 4) is 0 Å². The third-order valence-corrected chi connectivity index (χ3v) is 4.37. The first-order chi connectivity index (χ1) is 11.1. The van der Waals surface area contributed by atoms with Crippen LogP contribution in [0.25, 0.3) is 0 Å². The minimum absolute atomic E-state index is 0.0867. The standard InChI is InChI=1S/C17H21N5O/c1-13-3-4-16(20-19-13)21(2)15-7-11-22(12-8-15)17(23)14-5-9-18-10-6-14/h3-6,9-10,15H,7-8,11-12H2,1-2H3. The number of hydrogen-bond donors (Lipinski definition) is 0. The van der Waals surface area contributed by atoms with Crippen LogP contribution in [0.1, 0.15) is 28.9 Å². The fourth-order valence-electron chi connectivity index (χ4n) is 2.90. The van der Waals surface area contributed by atoms with Crippen LogP contribution in [0.3, 0.4) is 0 Å². The lowest BCUT2D eigenvalue weighted by molar-refractivity contribution is 0.0713. The number of amides is 1. The number of aromatic nitrogens is 3. The van der Waals surface area contributed by atoms with E-state index in [0.29, 0.717) is 11.6 Å². The van der Waals surface area contributed by atoms with Gasteiger partial charge in [0.2, 0.25) is 0 Å². The zero-order valence-electron chi connectivity index (χ0n) is 13.5. The molecule has 120 valence electrons. The van der Waals surface area contributed by atoms with Gasteiger partial charge in [-0.25, -0.2) is 0 Å². The first kappa shape index (κ1) is 15.4. The number of anilines is 1. The molecule has 1 saturated heterocycles. The normalized spacial score (nSPS) is 15.5. The van der Waals surface area contributed by atoms with E-state index in [2.05, 4.69) is 20.1 Å². The maximum atomic E-state index is 12.4. The molecule has 0 aromatic carbocycles. The van der Waals surface area contributed by atoms with E-state index in [9.17, 15) is 4.79 Å². The topological polar surface area (TPSA) is 62.2 Å². The minimum Gasteiger partial charge on any atom is -0.355 e. The van der Waals surface area contributed by atoms with Crippen LogP contribution < -0.4 is 4.90 Å². The van der Waals surface area contributed by atoms with Gasteiger partial charge in [0.1, 0.15) is 0 Å². The number of carbonyl (C=O) groups is 1. The minimum atomic E-state index is 0.0867. The molecule has 2 aromatic heterocycles. The van der Waals surface area contributed by atoms with Crippen LogP contribution in [0, 0.1) is 6.92 Å². The molecule has 1 fully saturated rings. The predicted octanol–water partition coefficient (Wildman–Crippen LogP) is 1.92. The van der Waals surface area contributed by atoms with Gasteiger partial charge >= 0.3 is 0 Å². The Morgan fingerprint density at radius 1 is 1.13 bits per heavy atom. The lowest BCUT2D eigenvalue weighted by Gasteiger charge is -2.37. The molecule has 6 heteroatoms. The number of likely N-dealkylation sites (tertiary alicyclic amines) is 1. The van der Waals surface area contributed by atoms with E-state index in [0.717, 1.165) is 37.4 Å². The van der Waals surface area contributed by atoms with Crippen LogP contribution in [0.2, 0.25) is 0 Å². The zero-order valence-corrected chi connectivity index (χ0v) is 13.5. The van der Waals surface area contributed by atoms with Crippen LogP contribution in [-0.2, 0) is 0 Å². The second-order valence-corrected chi connectivity index (χ2v) is 5.90. The van der Waals surface area contributed by atoms with Crippen molar-refractivity contribution in [2.45, 2.75) is 25.8 Å². The van der Waals surface area contributed by atoms with Crippen molar-refractivity contribution < 1.29 is 4.79 Å². The molecule has 0 atom stereocenters. The molecule has 6 nitrogen and oxygen atoms in total. The second kappa shape index (κ2) is 6.73. The molecule has 1 aliphatic heterocycles. The van der Waals surface area contributed by atoms with E-state index in [-0.39, 0.29) is 5.91 Å². The third kappa shape index (κ3) is 3.47. The summed E-state index contributed by atoms with van der Waals surface area (Å²) in [5.74, 6) is 0.971. The summed E-state index contributed by atoms with van der Waals surface area (Å²) in [6.45, 7) is 3.45. The molecule has 1 aliphatic rings. The molecule has 0 saturated carbocycles. The Labute approximate surface area is 136 Å². The number of hydrogen-bond acceptors (Lipinski definition) is 5. The molecule has 0 N–H and O–H groups in total. The van der Waals surface area contributed by atoms with Gasteiger partial charge in [-0.05, 0) is 44.0 Å². The molecule has 3 heterocycles. The van der Waals surface area contributed by atoms with Gasteiger partial charge in [-0.15, -0.1) is 5.10 Å². The van der Waals surface area contributed by atoms with E-state index in [1.165, 1.54) is 0 Å². The summed E-state index contributed by atoms with van der Waals surface area (Å²) in [6.07, 6.45) is 5.18. The average Bonchev–Trinajstić information content (AvgIpc) is 2.62. The molecule has 0 unspecified atom stereocenters. The summed E-state index contributed by atoms with van der Waals surface area (Å²) >= 11 is 0. The van der Waals surface area contributed by atoms with Crippen molar-refractivity contribution in [2.75, 3.05) is 25.0 Å².